The number of ether oxygens (including phenoxy) is 1. The third-order valence-corrected chi connectivity index (χ3v) is 3.27. The molecule has 1 fully saturated rings. The van der Waals surface area contributed by atoms with Gasteiger partial charge < -0.3 is 25.8 Å². The maximum Gasteiger partial charge on any atom is 0.351 e. The quantitative estimate of drug-likeness (QED) is 0.474. The molecule has 0 aromatic carbocycles. The minimum Gasteiger partial charge on any atom is -0.394 e. The third-order valence-electron chi connectivity index (χ3n) is 3.27. The normalized spacial score (nSPS) is 31.7. The van der Waals surface area contributed by atoms with Crippen molar-refractivity contribution in [1.82, 2.24) is 9.55 Å². The molecule has 114 valence electrons. The molecule has 1 aliphatic rings. The van der Waals surface area contributed by atoms with Gasteiger partial charge in [-0.15, -0.1) is 5.92 Å². The molecule has 0 unspecified atom stereocenters. The highest BCUT2D eigenvalue weighted by atomic mass is 16.6. The Balaban J connectivity index is 2.42. The first kappa shape index (κ1) is 15.5. The summed E-state index contributed by atoms with van der Waals surface area (Å²) in [5, 5.41) is 30.0. The minimum absolute atomic E-state index is 0.0310. The molecule has 0 radical (unpaired) electrons. The van der Waals surface area contributed by atoms with E-state index in [2.05, 4.69) is 16.8 Å². The van der Waals surface area contributed by atoms with Crippen LogP contribution >= 0.6 is 0 Å². The average molecular weight is 295 g/mol. The zero-order valence-electron chi connectivity index (χ0n) is 11.4. The van der Waals surface area contributed by atoms with Gasteiger partial charge in [-0.05, 0) is 6.07 Å². The molecule has 2 heterocycles. The molecule has 0 saturated carbocycles. The number of hydrogen-bond acceptors (Lipinski definition) is 7. The number of hydrogen-bond donors (Lipinski definition) is 4. The van der Waals surface area contributed by atoms with E-state index in [0.717, 1.165) is 4.57 Å². The van der Waals surface area contributed by atoms with Gasteiger partial charge >= 0.3 is 5.69 Å². The summed E-state index contributed by atoms with van der Waals surface area (Å²) < 4.78 is 6.37. The number of aliphatic hydroxyl groups is 3. The Kier molecular flexibility index (Phi) is 4.29. The van der Waals surface area contributed by atoms with Crippen molar-refractivity contribution in [3.63, 3.8) is 0 Å². The Bertz CT molecular complexity index is 635. The van der Waals surface area contributed by atoms with Crippen molar-refractivity contribution in [3.05, 3.63) is 22.7 Å². The van der Waals surface area contributed by atoms with Crippen LogP contribution in [0, 0.1) is 11.8 Å². The molecule has 1 aromatic heterocycles. The molecule has 0 spiro atoms. The van der Waals surface area contributed by atoms with Gasteiger partial charge in [-0.1, -0.05) is 12.8 Å². The topological polar surface area (TPSA) is 131 Å². The fourth-order valence-corrected chi connectivity index (χ4v) is 2.16. The van der Waals surface area contributed by atoms with Crippen LogP contribution in [0.4, 0.5) is 5.82 Å². The lowest BCUT2D eigenvalue weighted by Crippen LogP contribution is -2.48. The van der Waals surface area contributed by atoms with Gasteiger partial charge in [-0.2, -0.15) is 4.98 Å². The van der Waals surface area contributed by atoms with E-state index in [1.165, 1.54) is 12.3 Å². The molecule has 21 heavy (non-hydrogen) atoms. The van der Waals surface area contributed by atoms with Gasteiger partial charge in [0.25, 0.3) is 0 Å². The van der Waals surface area contributed by atoms with E-state index in [1.54, 1.807) is 6.92 Å². The van der Waals surface area contributed by atoms with Crippen LogP contribution in [-0.4, -0.2) is 49.3 Å². The lowest BCUT2D eigenvalue weighted by Gasteiger charge is -2.24. The maximum atomic E-state index is 11.8. The number of nitrogens with two attached hydrogens (primary N) is 1. The molecule has 0 amide bonds. The number of nitrogen functional groups attached to an aromatic ring is 1. The molecule has 1 aliphatic heterocycles. The number of anilines is 1. The Morgan fingerprint density at radius 2 is 2.33 bits per heavy atom. The summed E-state index contributed by atoms with van der Waals surface area (Å²) in [5.74, 6) is 5.18. The lowest BCUT2D eigenvalue weighted by atomic mass is 9.93. The predicted molar refractivity (Wildman–Crippen MR) is 72.9 cm³/mol. The van der Waals surface area contributed by atoms with Crippen molar-refractivity contribution in [3.8, 4) is 11.8 Å². The number of aromatic nitrogens is 2. The number of nitrogens with zero attached hydrogens (tertiary/aromatic N) is 2. The summed E-state index contributed by atoms with van der Waals surface area (Å²) in [6.07, 6.45) is -2.11. The van der Waals surface area contributed by atoms with Crippen LogP contribution in [-0.2, 0) is 4.74 Å². The fourth-order valence-electron chi connectivity index (χ4n) is 2.16. The van der Waals surface area contributed by atoms with E-state index in [0.29, 0.717) is 6.42 Å². The van der Waals surface area contributed by atoms with Crippen LogP contribution in [0.3, 0.4) is 0 Å². The van der Waals surface area contributed by atoms with E-state index in [4.69, 9.17) is 10.5 Å². The van der Waals surface area contributed by atoms with Crippen molar-refractivity contribution in [1.29, 1.82) is 0 Å². The van der Waals surface area contributed by atoms with Crippen molar-refractivity contribution >= 4 is 5.82 Å². The molecule has 8 nitrogen and oxygen atoms in total. The molecule has 5 N–H and O–H groups in total. The summed E-state index contributed by atoms with van der Waals surface area (Å²) in [5.41, 5.74) is 2.70. The summed E-state index contributed by atoms with van der Waals surface area (Å²) >= 11 is 0. The molecular formula is C13H17N3O5. The molecule has 8 heteroatoms. The van der Waals surface area contributed by atoms with E-state index in [1.807, 2.05) is 0 Å². The Hall–Kier alpha value is -1.92. The molecule has 4 atom stereocenters. The smallest absolute Gasteiger partial charge is 0.351 e. The summed E-state index contributed by atoms with van der Waals surface area (Å²) in [6, 6.07) is 1.36. The average Bonchev–Trinajstić information content (AvgIpc) is 2.70. The second kappa shape index (κ2) is 5.83. The molecule has 0 aliphatic carbocycles. The predicted octanol–water partition coefficient (Wildman–Crippen LogP) is -1.78. The molecule has 1 aromatic rings. The van der Waals surface area contributed by atoms with Gasteiger partial charge in [0.2, 0.25) is 0 Å². The van der Waals surface area contributed by atoms with Crippen molar-refractivity contribution in [2.24, 2.45) is 0 Å². The van der Waals surface area contributed by atoms with E-state index in [-0.39, 0.29) is 5.82 Å². The first-order valence-electron chi connectivity index (χ1n) is 6.45. The highest BCUT2D eigenvalue weighted by Gasteiger charge is 2.55. The Labute approximate surface area is 120 Å². The number of aliphatic hydroxyl groups excluding tert-OH is 2. The van der Waals surface area contributed by atoms with Crippen molar-refractivity contribution < 1.29 is 20.1 Å². The van der Waals surface area contributed by atoms with Gasteiger partial charge in [0.1, 0.15) is 18.0 Å². The second-order valence-electron chi connectivity index (χ2n) is 4.67. The SMILES string of the molecule is CCC#C[C@@]1(O)[C@@H](CO)O[C@@H](n2ccc(N)nc2=O)[C@@H]1O. The van der Waals surface area contributed by atoms with Crippen molar-refractivity contribution in [2.75, 3.05) is 12.3 Å². The van der Waals surface area contributed by atoms with Crippen LogP contribution in [0.5, 0.6) is 0 Å². The van der Waals surface area contributed by atoms with Gasteiger partial charge in [0.15, 0.2) is 11.8 Å². The van der Waals surface area contributed by atoms with E-state index < -0.39 is 36.3 Å². The van der Waals surface area contributed by atoms with E-state index >= 15 is 0 Å². The molecular weight excluding hydrogens is 278 g/mol. The molecule has 0 bridgehead atoms. The highest BCUT2D eigenvalue weighted by molar-refractivity contribution is 5.25. The largest absolute Gasteiger partial charge is 0.394 e. The summed E-state index contributed by atoms with van der Waals surface area (Å²) in [4.78, 5) is 15.3. The Morgan fingerprint density at radius 3 is 2.90 bits per heavy atom. The van der Waals surface area contributed by atoms with Crippen LogP contribution in [0.25, 0.3) is 0 Å². The van der Waals surface area contributed by atoms with Gasteiger partial charge in [0.05, 0.1) is 6.61 Å². The summed E-state index contributed by atoms with van der Waals surface area (Å²) in [6.45, 7) is 1.22. The van der Waals surface area contributed by atoms with Gasteiger partial charge in [-0.3, -0.25) is 4.57 Å². The van der Waals surface area contributed by atoms with Gasteiger partial charge in [-0.25, -0.2) is 4.79 Å². The molecule has 1 saturated heterocycles. The standard InChI is InChI=1S/C13H17N3O5/c1-2-3-5-13(20)8(7-17)21-11(10(13)18)16-6-4-9(14)15-12(16)19/h4,6,8,10-11,17-18,20H,2,7H2,1H3,(H2,14,15,19)/t8-,10+,11-,13-/m1/s1. The van der Waals surface area contributed by atoms with Crippen LogP contribution in [0.2, 0.25) is 0 Å². The minimum atomic E-state index is -1.96. The molecule has 2 rings (SSSR count). The first-order chi connectivity index (χ1) is 9.93. The monoisotopic (exact) mass is 295 g/mol. The first-order valence-corrected chi connectivity index (χ1v) is 6.45. The van der Waals surface area contributed by atoms with E-state index in [9.17, 15) is 20.1 Å². The summed E-state index contributed by atoms with van der Waals surface area (Å²) in [7, 11) is 0. The van der Waals surface area contributed by atoms with Crippen LogP contribution in [0.15, 0.2) is 17.1 Å². The van der Waals surface area contributed by atoms with Crippen molar-refractivity contribution in [2.45, 2.75) is 37.4 Å². The van der Waals surface area contributed by atoms with Crippen LogP contribution < -0.4 is 11.4 Å². The number of rotatable bonds is 2. The second-order valence-corrected chi connectivity index (χ2v) is 4.67. The zero-order chi connectivity index (χ0) is 15.6. The maximum absolute atomic E-state index is 11.8. The van der Waals surface area contributed by atoms with Gasteiger partial charge in [0, 0.05) is 12.6 Å². The Morgan fingerprint density at radius 1 is 1.62 bits per heavy atom. The third kappa shape index (κ3) is 2.64. The van der Waals surface area contributed by atoms with Crippen LogP contribution in [0.1, 0.15) is 19.6 Å². The fraction of sp³-hybridized carbons (Fsp3) is 0.538. The zero-order valence-corrected chi connectivity index (χ0v) is 11.4. The highest BCUT2D eigenvalue weighted by Crippen LogP contribution is 2.36. The lowest BCUT2D eigenvalue weighted by molar-refractivity contribution is -0.0624.